The van der Waals surface area contributed by atoms with Crippen LogP contribution in [0.25, 0.3) is 0 Å². The lowest BCUT2D eigenvalue weighted by molar-refractivity contribution is -0.119. The summed E-state index contributed by atoms with van der Waals surface area (Å²) < 4.78 is 0. The summed E-state index contributed by atoms with van der Waals surface area (Å²) in [7, 11) is 0. The number of carbonyl (C=O) groups is 1. The molecular weight excluding hydrogens is 254 g/mol. The van der Waals surface area contributed by atoms with Crippen molar-refractivity contribution in [2.45, 2.75) is 46.6 Å². The zero-order valence-electron chi connectivity index (χ0n) is 12.8. The third-order valence-corrected chi connectivity index (χ3v) is 2.52. The maximum Gasteiger partial charge on any atom is 0.239 e. The van der Waals surface area contributed by atoms with E-state index < -0.39 is 0 Å². The molecule has 6 heteroatoms. The van der Waals surface area contributed by atoms with Gasteiger partial charge in [0.1, 0.15) is 17.5 Å². The molecule has 1 heterocycles. The van der Waals surface area contributed by atoms with Gasteiger partial charge in [0.15, 0.2) is 0 Å². The van der Waals surface area contributed by atoms with Crippen LogP contribution in [0.4, 0.5) is 11.6 Å². The van der Waals surface area contributed by atoms with Crippen LogP contribution in [0.15, 0.2) is 6.07 Å². The number of carbonyl (C=O) groups excluding carboxylic acids is 1. The van der Waals surface area contributed by atoms with E-state index in [2.05, 4.69) is 32.8 Å². The van der Waals surface area contributed by atoms with Crippen LogP contribution in [0.1, 0.15) is 39.9 Å². The first-order chi connectivity index (χ1) is 9.55. The van der Waals surface area contributed by atoms with Crippen LogP contribution in [0, 0.1) is 0 Å². The molecule has 0 unspecified atom stereocenters. The molecule has 0 saturated carbocycles. The van der Waals surface area contributed by atoms with E-state index in [1.807, 2.05) is 26.8 Å². The number of nitrogens with zero attached hydrogens (tertiary/aromatic N) is 2. The maximum atomic E-state index is 11.6. The Morgan fingerprint density at radius 2 is 1.85 bits per heavy atom. The zero-order chi connectivity index (χ0) is 15.0. The number of amides is 1. The molecule has 6 nitrogen and oxygen atoms in total. The van der Waals surface area contributed by atoms with Crippen LogP contribution in [-0.2, 0) is 11.2 Å². The van der Waals surface area contributed by atoms with Gasteiger partial charge in [-0.15, -0.1) is 0 Å². The van der Waals surface area contributed by atoms with Crippen molar-refractivity contribution < 1.29 is 4.79 Å². The molecule has 0 bridgehead atoms. The molecule has 1 rings (SSSR count). The number of hydrogen-bond donors (Lipinski definition) is 3. The third kappa shape index (κ3) is 5.86. The molecule has 1 aromatic heterocycles. The van der Waals surface area contributed by atoms with Crippen molar-refractivity contribution in [1.29, 1.82) is 0 Å². The van der Waals surface area contributed by atoms with Gasteiger partial charge in [-0.05, 0) is 20.3 Å². The molecule has 0 aromatic carbocycles. The molecule has 1 amide bonds. The van der Waals surface area contributed by atoms with E-state index in [0.29, 0.717) is 5.82 Å². The van der Waals surface area contributed by atoms with E-state index in [9.17, 15) is 4.79 Å². The molecule has 0 radical (unpaired) electrons. The lowest BCUT2D eigenvalue weighted by Gasteiger charge is -2.12. The van der Waals surface area contributed by atoms with Crippen molar-refractivity contribution in [3.8, 4) is 0 Å². The highest BCUT2D eigenvalue weighted by molar-refractivity contribution is 5.80. The highest BCUT2D eigenvalue weighted by Crippen LogP contribution is 2.11. The lowest BCUT2D eigenvalue weighted by Crippen LogP contribution is -2.35. The summed E-state index contributed by atoms with van der Waals surface area (Å²) in [5.74, 6) is 2.19. The van der Waals surface area contributed by atoms with Crippen molar-refractivity contribution in [3.63, 3.8) is 0 Å². The summed E-state index contributed by atoms with van der Waals surface area (Å²) in [6.07, 6.45) is 1.79. The summed E-state index contributed by atoms with van der Waals surface area (Å²) in [6, 6.07) is 1.97. The van der Waals surface area contributed by atoms with Crippen molar-refractivity contribution in [2.24, 2.45) is 0 Å². The van der Waals surface area contributed by atoms with Crippen LogP contribution in [0.5, 0.6) is 0 Å². The fourth-order valence-electron chi connectivity index (χ4n) is 1.63. The molecule has 20 heavy (non-hydrogen) atoms. The van der Waals surface area contributed by atoms with E-state index in [1.54, 1.807) is 0 Å². The second kappa shape index (κ2) is 8.35. The molecule has 112 valence electrons. The molecule has 0 fully saturated rings. The highest BCUT2D eigenvalue weighted by Gasteiger charge is 2.06. The second-order valence-corrected chi connectivity index (χ2v) is 4.91. The van der Waals surface area contributed by atoms with Crippen LogP contribution in [0.2, 0.25) is 0 Å². The van der Waals surface area contributed by atoms with Gasteiger partial charge in [-0.25, -0.2) is 9.97 Å². The van der Waals surface area contributed by atoms with Gasteiger partial charge in [-0.2, -0.15) is 0 Å². The first kappa shape index (κ1) is 16.2. The van der Waals surface area contributed by atoms with Gasteiger partial charge in [0.25, 0.3) is 0 Å². The lowest BCUT2D eigenvalue weighted by atomic mass is 10.3. The smallest absolute Gasteiger partial charge is 0.239 e. The Morgan fingerprint density at radius 3 is 2.40 bits per heavy atom. The van der Waals surface area contributed by atoms with E-state index in [1.165, 1.54) is 0 Å². The second-order valence-electron chi connectivity index (χ2n) is 4.91. The van der Waals surface area contributed by atoms with Gasteiger partial charge in [0.2, 0.25) is 5.91 Å². The van der Waals surface area contributed by atoms with Crippen LogP contribution in [-0.4, -0.2) is 35.0 Å². The average molecular weight is 279 g/mol. The average Bonchev–Trinajstić information content (AvgIpc) is 2.42. The van der Waals surface area contributed by atoms with Crippen molar-refractivity contribution in [3.05, 3.63) is 11.9 Å². The molecule has 0 aliphatic heterocycles. The van der Waals surface area contributed by atoms with Gasteiger partial charge < -0.3 is 16.0 Å². The Labute approximate surface area is 120 Å². The Kier molecular flexibility index (Phi) is 6.76. The quantitative estimate of drug-likeness (QED) is 0.676. The Balaban J connectivity index is 2.65. The van der Waals surface area contributed by atoms with Crippen molar-refractivity contribution in [2.75, 3.05) is 23.7 Å². The number of anilines is 2. The number of aromatic nitrogens is 2. The summed E-state index contributed by atoms with van der Waals surface area (Å²) in [4.78, 5) is 20.4. The SMILES string of the molecule is CCCNc1cc(NCC(=O)NC(C)C)nc(CC)n1. The van der Waals surface area contributed by atoms with E-state index >= 15 is 0 Å². The molecule has 0 aliphatic carbocycles. The number of hydrogen-bond acceptors (Lipinski definition) is 5. The molecule has 0 spiro atoms. The maximum absolute atomic E-state index is 11.6. The van der Waals surface area contributed by atoms with Crippen LogP contribution < -0.4 is 16.0 Å². The number of aryl methyl sites for hydroxylation is 1. The molecule has 3 N–H and O–H groups in total. The van der Waals surface area contributed by atoms with Gasteiger partial charge in [0.05, 0.1) is 6.54 Å². The van der Waals surface area contributed by atoms with Gasteiger partial charge in [0, 0.05) is 25.1 Å². The van der Waals surface area contributed by atoms with Crippen molar-refractivity contribution in [1.82, 2.24) is 15.3 Å². The third-order valence-electron chi connectivity index (χ3n) is 2.52. The minimum absolute atomic E-state index is 0.0419. The molecule has 0 atom stereocenters. The first-order valence-corrected chi connectivity index (χ1v) is 7.20. The topological polar surface area (TPSA) is 78.9 Å². The summed E-state index contributed by atoms with van der Waals surface area (Å²) in [5.41, 5.74) is 0. The van der Waals surface area contributed by atoms with Crippen LogP contribution in [0.3, 0.4) is 0 Å². The van der Waals surface area contributed by atoms with Gasteiger partial charge in [-0.1, -0.05) is 13.8 Å². The standard InChI is InChI=1S/C14H25N5O/c1-5-7-15-12-8-13(19-11(6-2)18-12)16-9-14(20)17-10(3)4/h8,10H,5-7,9H2,1-4H3,(H,17,20)(H2,15,16,18,19). The van der Waals surface area contributed by atoms with Crippen LogP contribution >= 0.6 is 0 Å². The molecule has 0 aliphatic rings. The van der Waals surface area contributed by atoms with E-state index in [-0.39, 0.29) is 18.5 Å². The molecule has 0 saturated heterocycles. The van der Waals surface area contributed by atoms with E-state index in [4.69, 9.17) is 0 Å². The van der Waals surface area contributed by atoms with E-state index in [0.717, 1.165) is 31.0 Å². The number of nitrogens with one attached hydrogen (secondary N) is 3. The number of rotatable bonds is 8. The predicted octanol–water partition coefficient (Wildman–Crippen LogP) is 1.80. The summed E-state index contributed by atoms with van der Waals surface area (Å²) in [6.45, 7) is 9.06. The minimum Gasteiger partial charge on any atom is -0.370 e. The van der Waals surface area contributed by atoms with Gasteiger partial charge >= 0.3 is 0 Å². The Bertz CT molecular complexity index is 434. The Morgan fingerprint density at radius 1 is 1.20 bits per heavy atom. The summed E-state index contributed by atoms with van der Waals surface area (Å²) >= 11 is 0. The first-order valence-electron chi connectivity index (χ1n) is 7.20. The fourth-order valence-corrected chi connectivity index (χ4v) is 1.63. The highest BCUT2D eigenvalue weighted by atomic mass is 16.1. The summed E-state index contributed by atoms with van der Waals surface area (Å²) in [5, 5.41) is 9.11. The monoisotopic (exact) mass is 279 g/mol. The molecular formula is C14H25N5O. The fraction of sp³-hybridized carbons (Fsp3) is 0.643. The Hall–Kier alpha value is -1.85. The predicted molar refractivity (Wildman–Crippen MR) is 82.0 cm³/mol. The normalized spacial score (nSPS) is 10.4. The van der Waals surface area contributed by atoms with Crippen molar-refractivity contribution >= 4 is 17.5 Å². The zero-order valence-corrected chi connectivity index (χ0v) is 12.8. The largest absolute Gasteiger partial charge is 0.370 e. The van der Waals surface area contributed by atoms with Gasteiger partial charge in [-0.3, -0.25) is 4.79 Å². The minimum atomic E-state index is -0.0419. The molecule has 1 aromatic rings.